The van der Waals surface area contributed by atoms with Gasteiger partial charge in [0, 0.05) is 17.6 Å². The minimum atomic E-state index is -0.445. The number of carbonyl (C=O) groups excluding carboxylic acids is 2. The lowest BCUT2D eigenvalue weighted by molar-refractivity contribution is -0.142. The molecule has 6 heteroatoms. The maximum absolute atomic E-state index is 12.3. The van der Waals surface area contributed by atoms with Crippen molar-refractivity contribution in [1.29, 1.82) is 0 Å². The summed E-state index contributed by atoms with van der Waals surface area (Å²) in [4.78, 5) is 24.0. The van der Waals surface area contributed by atoms with Gasteiger partial charge in [-0.1, -0.05) is 36.8 Å². The Hall–Kier alpha value is -3.28. The summed E-state index contributed by atoms with van der Waals surface area (Å²) in [6, 6.07) is 14.5. The highest BCUT2D eigenvalue weighted by atomic mass is 16.6. The van der Waals surface area contributed by atoms with Crippen LogP contribution in [0, 0.1) is 0 Å². The van der Waals surface area contributed by atoms with Crippen LogP contribution in [0.4, 0.5) is 0 Å². The first-order valence-electron chi connectivity index (χ1n) is 11.3. The predicted molar refractivity (Wildman–Crippen MR) is 122 cm³/mol. The Morgan fingerprint density at radius 1 is 1.09 bits per heavy atom. The largest absolute Gasteiger partial charge is 0.481 e. The number of methoxy groups -OCH3 is 1. The molecule has 5 rings (SSSR count). The number of esters is 1. The van der Waals surface area contributed by atoms with Crippen LogP contribution in [0.15, 0.2) is 42.5 Å². The molecule has 0 radical (unpaired) electrons. The van der Waals surface area contributed by atoms with Crippen molar-refractivity contribution in [3.8, 4) is 5.75 Å². The molecule has 0 spiro atoms. The van der Waals surface area contributed by atoms with Gasteiger partial charge in [0.2, 0.25) is 5.91 Å². The molecule has 1 aromatic heterocycles. The van der Waals surface area contributed by atoms with Crippen molar-refractivity contribution in [2.45, 2.75) is 50.5 Å². The summed E-state index contributed by atoms with van der Waals surface area (Å²) >= 11 is 0. The van der Waals surface area contributed by atoms with E-state index in [0.29, 0.717) is 18.1 Å². The van der Waals surface area contributed by atoms with Gasteiger partial charge in [-0.2, -0.15) is 0 Å². The van der Waals surface area contributed by atoms with Crippen LogP contribution in [0.1, 0.15) is 59.9 Å². The predicted octanol–water partition coefficient (Wildman–Crippen LogP) is 4.02. The maximum Gasteiger partial charge on any atom is 0.343 e. The molecule has 2 aromatic carbocycles. The molecule has 32 heavy (non-hydrogen) atoms. The number of amides is 1. The SMILES string of the molecule is COC(=O)COc1cccc2c1c1c(n2Cc2ccccc2C2CCC2)CCC1C(N)=O. The van der Waals surface area contributed by atoms with Crippen LogP contribution in [-0.4, -0.2) is 30.2 Å². The van der Waals surface area contributed by atoms with Gasteiger partial charge in [0.15, 0.2) is 6.61 Å². The molecule has 2 N–H and O–H groups in total. The topological polar surface area (TPSA) is 83.6 Å². The van der Waals surface area contributed by atoms with Gasteiger partial charge in [0.25, 0.3) is 0 Å². The van der Waals surface area contributed by atoms with Gasteiger partial charge in [-0.05, 0) is 60.4 Å². The minimum absolute atomic E-state index is 0.179. The van der Waals surface area contributed by atoms with Gasteiger partial charge >= 0.3 is 5.97 Å². The number of rotatable bonds is 7. The van der Waals surface area contributed by atoms with Crippen LogP contribution >= 0.6 is 0 Å². The quantitative estimate of drug-likeness (QED) is 0.572. The summed E-state index contributed by atoms with van der Waals surface area (Å²) in [5.41, 5.74) is 11.6. The fraction of sp³-hybridized carbons (Fsp3) is 0.385. The van der Waals surface area contributed by atoms with Crippen LogP contribution in [0.25, 0.3) is 10.9 Å². The Morgan fingerprint density at radius 2 is 1.91 bits per heavy atom. The smallest absolute Gasteiger partial charge is 0.343 e. The van der Waals surface area contributed by atoms with Crippen molar-refractivity contribution in [3.05, 3.63) is 64.8 Å². The number of carbonyl (C=O) groups is 2. The number of aromatic nitrogens is 1. The second-order valence-electron chi connectivity index (χ2n) is 8.78. The number of hydrogen-bond donors (Lipinski definition) is 1. The van der Waals surface area contributed by atoms with E-state index in [-0.39, 0.29) is 18.4 Å². The van der Waals surface area contributed by atoms with Crippen LogP contribution < -0.4 is 10.5 Å². The Bertz CT molecular complexity index is 1190. The summed E-state index contributed by atoms with van der Waals surface area (Å²) in [6.45, 7) is 0.561. The second-order valence-corrected chi connectivity index (χ2v) is 8.78. The van der Waals surface area contributed by atoms with Crippen LogP contribution in [-0.2, 0) is 27.3 Å². The Morgan fingerprint density at radius 3 is 2.62 bits per heavy atom. The summed E-state index contributed by atoms with van der Waals surface area (Å²) in [5, 5.41) is 0.883. The van der Waals surface area contributed by atoms with E-state index in [1.54, 1.807) is 0 Å². The third kappa shape index (κ3) is 3.44. The normalized spacial score (nSPS) is 17.7. The maximum atomic E-state index is 12.3. The highest BCUT2D eigenvalue weighted by Gasteiger charge is 2.35. The molecule has 2 aliphatic rings. The molecule has 1 atom stereocenters. The molecular formula is C26H28N2O4. The first-order valence-corrected chi connectivity index (χ1v) is 11.3. The van der Waals surface area contributed by atoms with E-state index in [4.69, 9.17) is 15.2 Å². The minimum Gasteiger partial charge on any atom is -0.481 e. The first kappa shape index (κ1) is 20.6. The molecule has 0 saturated heterocycles. The number of primary amides is 1. The highest BCUT2D eigenvalue weighted by Crippen LogP contribution is 2.45. The fourth-order valence-electron chi connectivity index (χ4n) is 5.27. The Balaban J connectivity index is 1.63. The number of nitrogens with zero attached hydrogens (tertiary/aromatic N) is 1. The Kier molecular flexibility index (Phi) is 5.37. The average Bonchev–Trinajstić information content (AvgIpc) is 3.31. The Labute approximate surface area is 187 Å². The van der Waals surface area contributed by atoms with E-state index >= 15 is 0 Å². The van der Waals surface area contributed by atoms with E-state index in [1.807, 2.05) is 12.1 Å². The van der Waals surface area contributed by atoms with Gasteiger partial charge < -0.3 is 19.8 Å². The zero-order chi connectivity index (χ0) is 22.2. The van der Waals surface area contributed by atoms with Crippen molar-refractivity contribution in [3.63, 3.8) is 0 Å². The van der Waals surface area contributed by atoms with Crippen molar-refractivity contribution >= 4 is 22.8 Å². The number of benzene rings is 2. The van der Waals surface area contributed by atoms with E-state index in [0.717, 1.165) is 35.1 Å². The van der Waals surface area contributed by atoms with Crippen molar-refractivity contribution < 1.29 is 19.1 Å². The number of nitrogens with two attached hydrogens (primary N) is 1. The van der Waals surface area contributed by atoms with Crippen molar-refractivity contribution in [2.24, 2.45) is 5.73 Å². The fourth-order valence-corrected chi connectivity index (χ4v) is 5.27. The van der Waals surface area contributed by atoms with Crippen molar-refractivity contribution in [2.75, 3.05) is 13.7 Å². The molecule has 166 valence electrons. The third-order valence-electron chi connectivity index (χ3n) is 7.06. The van der Waals surface area contributed by atoms with Crippen LogP contribution in [0.3, 0.4) is 0 Å². The zero-order valence-electron chi connectivity index (χ0n) is 18.3. The lowest BCUT2D eigenvalue weighted by atomic mass is 9.78. The van der Waals surface area contributed by atoms with Crippen molar-refractivity contribution in [1.82, 2.24) is 4.57 Å². The lowest BCUT2D eigenvalue weighted by Crippen LogP contribution is -2.19. The molecule has 2 aliphatic carbocycles. The second kappa shape index (κ2) is 8.34. The van der Waals surface area contributed by atoms with Crippen LogP contribution in [0.2, 0.25) is 0 Å². The van der Waals surface area contributed by atoms with E-state index < -0.39 is 5.97 Å². The molecule has 1 heterocycles. The molecule has 6 nitrogen and oxygen atoms in total. The third-order valence-corrected chi connectivity index (χ3v) is 7.06. The summed E-state index contributed by atoms with van der Waals surface area (Å²) in [6.07, 6.45) is 5.28. The first-order chi connectivity index (χ1) is 15.6. The molecule has 1 amide bonds. The molecule has 0 aliphatic heterocycles. The summed E-state index contributed by atoms with van der Waals surface area (Å²) in [5.74, 6) is 0.111. The van der Waals surface area contributed by atoms with Gasteiger partial charge in [0.05, 0.1) is 18.5 Å². The molecule has 3 aromatic rings. The molecule has 1 fully saturated rings. The van der Waals surface area contributed by atoms with Gasteiger partial charge in [-0.3, -0.25) is 4.79 Å². The summed E-state index contributed by atoms with van der Waals surface area (Å²) in [7, 11) is 1.34. The monoisotopic (exact) mass is 432 g/mol. The van der Waals surface area contributed by atoms with E-state index in [9.17, 15) is 9.59 Å². The molecular weight excluding hydrogens is 404 g/mol. The van der Waals surface area contributed by atoms with E-state index in [2.05, 4.69) is 34.9 Å². The van der Waals surface area contributed by atoms with Crippen LogP contribution in [0.5, 0.6) is 5.75 Å². The van der Waals surface area contributed by atoms with Gasteiger partial charge in [0.1, 0.15) is 5.75 Å². The van der Waals surface area contributed by atoms with E-state index in [1.165, 1.54) is 37.5 Å². The number of fused-ring (bicyclic) bond motifs is 3. The number of hydrogen-bond acceptors (Lipinski definition) is 4. The average molecular weight is 433 g/mol. The zero-order valence-corrected chi connectivity index (χ0v) is 18.3. The van der Waals surface area contributed by atoms with Gasteiger partial charge in [-0.15, -0.1) is 0 Å². The molecule has 1 saturated carbocycles. The highest BCUT2D eigenvalue weighted by molar-refractivity contribution is 5.97. The number of ether oxygens (including phenoxy) is 2. The molecule has 0 bridgehead atoms. The lowest BCUT2D eigenvalue weighted by Gasteiger charge is -2.28. The standard InChI is InChI=1S/C26H28N2O4/c1-31-23(29)15-32-22-11-5-10-20-25(22)24-19(26(27)30)12-13-21(24)28(20)14-17-6-2-3-9-18(17)16-7-4-8-16/h2-3,5-6,9-11,16,19H,4,7-8,12-15H2,1H3,(H2,27,30). The summed E-state index contributed by atoms with van der Waals surface area (Å²) < 4.78 is 12.9. The molecule has 1 unspecified atom stereocenters. The van der Waals surface area contributed by atoms with Gasteiger partial charge in [-0.25, -0.2) is 4.79 Å².